The molecule has 22 heavy (non-hydrogen) atoms. The van der Waals surface area contributed by atoms with Crippen LogP contribution in [0.1, 0.15) is 0 Å². The lowest BCUT2D eigenvalue weighted by molar-refractivity contribution is -0.115. The fourth-order valence-corrected chi connectivity index (χ4v) is 3.19. The van der Waals surface area contributed by atoms with Crippen molar-refractivity contribution in [2.45, 2.75) is 3.79 Å². The van der Waals surface area contributed by atoms with Gasteiger partial charge < -0.3 is 9.64 Å². The molecule has 1 aromatic carbocycles. The summed E-state index contributed by atoms with van der Waals surface area (Å²) >= 11 is 18.0. The van der Waals surface area contributed by atoms with Gasteiger partial charge >= 0.3 is 0 Å². The Bertz CT molecular complexity index is 695. The van der Waals surface area contributed by atoms with E-state index in [4.69, 9.17) is 39.5 Å². The number of rotatable bonds is 2. The fraction of sp³-hybridized carbons (Fsp3) is 0.385. The number of benzene rings is 1. The molecule has 1 amide bonds. The molecule has 1 aromatic heterocycles. The van der Waals surface area contributed by atoms with Gasteiger partial charge in [-0.3, -0.25) is 10.1 Å². The molecule has 1 N–H and O–H groups in total. The Labute approximate surface area is 146 Å². The van der Waals surface area contributed by atoms with Crippen LogP contribution in [0.15, 0.2) is 18.2 Å². The summed E-state index contributed by atoms with van der Waals surface area (Å²) in [7, 11) is 0. The van der Waals surface area contributed by atoms with E-state index in [1.807, 2.05) is 18.2 Å². The van der Waals surface area contributed by atoms with Crippen LogP contribution in [0, 0.1) is 0 Å². The second-order valence-electron chi connectivity index (χ2n) is 4.72. The van der Waals surface area contributed by atoms with Gasteiger partial charge in [-0.15, -0.1) is 0 Å². The zero-order valence-electron chi connectivity index (χ0n) is 11.3. The molecule has 1 saturated heterocycles. The SMILES string of the molecule is O=C(Nc1nc2ccc(N3CCOCC3)cc2s1)C(Cl)(Cl)Cl. The van der Waals surface area contributed by atoms with Gasteiger partial charge in [-0.05, 0) is 18.2 Å². The van der Waals surface area contributed by atoms with Crippen LogP contribution in [0.2, 0.25) is 0 Å². The topological polar surface area (TPSA) is 54.5 Å². The summed E-state index contributed by atoms with van der Waals surface area (Å²) in [5.74, 6) is -0.718. The molecule has 2 aromatic rings. The smallest absolute Gasteiger partial charge is 0.278 e. The van der Waals surface area contributed by atoms with Crippen LogP contribution in [0.5, 0.6) is 0 Å². The zero-order chi connectivity index (χ0) is 15.7. The molecule has 118 valence electrons. The number of morpholine rings is 1. The number of nitrogens with one attached hydrogen (secondary N) is 1. The van der Waals surface area contributed by atoms with E-state index in [9.17, 15) is 4.79 Å². The first-order valence-electron chi connectivity index (χ1n) is 6.55. The number of thiazole rings is 1. The van der Waals surface area contributed by atoms with E-state index in [-0.39, 0.29) is 0 Å². The minimum atomic E-state index is -2.00. The summed E-state index contributed by atoms with van der Waals surface area (Å²) in [6, 6.07) is 5.97. The van der Waals surface area contributed by atoms with E-state index in [0.29, 0.717) is 5.13 Å². The average Bonchev–Trinajstić information content (AvgIpc) is 2.88. The monoisotopic (exact) mass is 379 g/mol. The second kappa shape index (κ2) is 6.37. The number of anilines is 2. The highest BCUT2D eigenvalue weighted by Crippen LogP contribution is 2.32. The summed E-state index contributed by atoms with van der Waals surface area (Å²) < 4.78 is 4.31. The Morgan fingerprint density at radius 2 is 2.05 bits per heavy atom. The minimum Gasteiger partial charge on any atom is -0.378 e. The highest BCUT2D eigenvalue weighted by Gasteiger charge is 2.31. The molecule has 3 rings (SSSR count). The molecule has 0 radical (unpaired) electrons. The van der Waals surface area contributed by atoms with Gasteiger partial charge in [0.25, 0.3) is 9.70 Å². The second-order valence-corrected chi connectivity index (χ2v) is 8.03. The van der Waals surface area contributed by atoms with Crippen molar-refractivity contribution in [3.63, 3.8) is 0 Å². The molecule has 0 unspecified atom stereocenters. The van der Waals surface area contributed by atoms with Crippen LogP contribution in [0.3, 0.4) is 0 Å². The van der Waals surface area contributed by atoms with Crippen LogP contribution in [0.4, 0.5) is 10.8 Å². The van der Waals surface area contributed by atoms with E-state index >= 15 is 0 Å². The molecule has 1 aliphatic heterocycles. The Balaban J connectivity index is 1.82. The Morgan fingerprint density at radius 3 is 2.73 bits per heavy atom. The molecule has 0 aliphatic carbocycles. The third kappa shape index (κ3) is 3.58. The van der Waals surface area contributed by atoms with Crippen molar-refractivity contribution in [2.75, 3.05) is 36.5 Å². The maximum atomic E-state index is 11.7. The molecule has 1 fully saturated rings. The molecule has 5 nitrogen and oxygen atoms in total. The van der Waals surface area contributed by atoms with Crippen molar-refractivity contribution in [3.05, 3.63) is 18.2 Å². The quantitative estimate of drug-likeness (QED) is 0.811. The first-order valence-corrected chi connectivity index (χ1v) is 8.50. The minimum absolute atomic E-state index is 0.408. The molecule has 0 bridgehead atoms. The van der Waals surface area contributed by atoms with Crippen LogP contribution >= 0.6 is 46.1 Å². The summed E-state index contributed by atoms with van der Waals surface area (Å²) in [5, 5.41) is 2.92. The number of aromatic nitrogens is 1. The van der Waals surface area contributed by atoms with Gasteiger partial charge in [0.15, 0.2) is 5.13 Å². The third-order valence-corrected chi connectivity index (χ3v) is 4.67. The largest absolute Gasteiger partial charge is 0.378 e. The first kappa shape index (κ1) is 16.1. The lowest BCUT2D eigenvalue weighted by atomic mass is 10.2. The number of hydrogen-bond donors (Lipinski definition) is 1. The van der Waals surface area contributed by atoms with Crippen LogP contribution in [-0.4, -0.2) is 41.0 Å². The maximum Gasteiger partial charge on any atom is 0.278 e. The van der Waals surface area contributed by atoms with Crippen molar-refractivity contribution in [1.82, 2.24) is 4.98 Å². The van der Waals surface area contributed by atoms with Gasteiger partial charge in [0.2, 0.25) is 0 Å². The molecule has 1 aliphatic rings. The summed E-state index contributed by atoms with van der Waals surface area (Å²) in [6.07, 6.45) is 0. The van der Waals surface area contributed by atoms with E-state index in [0.717, 1.165) is 42.2 Å². The molecule has 9 heteroatoms. The summed E-state index contributed by atoms with van der Waals surface area (Å²) in [4.78, 5) is 18.2. The number of alkyl halides is 3. The number of halogens is 3. The lowest BCUT2D eigenvalue weighted by Crippen LogP contribution is -2.36. The lowest BCUT2D eigenvalue weighted by Gasteiger charge is -2.28. The standard InChI is InChI=1S/C13H12Cl3N3O2S/c14-13(15,16)11(20)18-12-17-9-2-1-8(7-10(9)22-12)19-3-5-21-6-4-19/h1-2,7H,3-6H2,(H,17,18,20). The number of carbonyl (C=O) groups excluding carboxylic acids is 1. The molecular formula is C13H12Cl3N3O2S. The Hall–Kier alpha value is -0.790. The molecule has 0 spiro atoms. The van der Waals surface area contributed by atoms with Crippen LogP contribution < -0.4 is 10.2 Å². The van der Waals surface area contributed by atoms with E-state index in [2.05, 4.69) is 15.2 Å². The Morgan fingerprint density at radius 1 is 1.32 bits per heavy atom. The average molecular weight is 381 g/mol. The molecule has 0 atom stereocenters. The van der Waals surface area contributed by atoms with Crippen molar-refractivity contribution in [2.24, 2.45) is 0 Å². The summed E-state index contributed by atoms with van der Waals surface area (Å²) in [6.45, 7) is 3.18. The highest BCUT2D eigenvalue weighted by atomic mass is 35.6. The predicted molar refractivity (Wildman–Crippen MR) is 91.6 cm³/mol. The first-order chi connectivity index (χ1) is 10.4. The molecular weight excluding hydrogens is 369 g/mol. The van der Waals surface area contributed by atoms with Crippen LogP contribution in [-0.2, 0) is 9.53 Å². The third-order valence-electron chi connectivity index (χ3n) is 3.23. The van der Waals surface area contributed by atoms with Crippen molar-refractivity contribution >= 4 is 73.1 Å². The van der Waals surface area contributed by atoms with Gasteiger partial charge in [-0.1, -0.05) is 46.1 Å². The number of fused-ring (bicyclic) bond motifs is 1. The number of hydrogen-bond acceptors (Lipinski definition) is 5. The van der Waals surface area contributed by atoms with Gasteiger partial charge in [-0.25, -0.2) is 4.98 Å². The van der Waals surface area contributed by atoms with Crippen molar-refractivity contribution < 1.29 is 9.53 Å². The van der Waals surface area contributed by atoms with Gasteiger partial charge in [0.1, 0.15) is 0 Å². The maximum absolute atomic E-state index is 11.7. The number of nitrogens with zero attached hydrogens (tertiary/aromatic N) is 2. The van der Waals surface area contributed by atoms with Gasteiger partial charge in [0, 0.05) is 18.8 Å². The highest BCUT2D eigenvalue weighted by molar-refractivity contribution is 7.22. The zero-order valence-corrected chi connectivity index (χ0v) is 14.4. The predicted octanol–water partition coefficient (Wildman–Crippen LogP) is 3.44. The van der Waals surface area contributed by atoms with E-state index in [1.165, 1.54) is 11.3 Å². The molecule has 2 heterocycles. The molecule has 0 saturated carbocycles. The fourth-order valence-electron chi connectivity index (χ4n) is 2.15. The number of carbonyl (C=O) groups is 1. The van der Waals surface area contributed by atoms with Gasteiger partial charge in [-0.2, -0.15) is 0 Å². The van der Waals surface area contributed by atoms with Gasteiger partial charge in [0.05, 0.1) is 23.4 Å². The number of amides is 1. The van der Waals surface area contributed by atoms with Crippen molar-refractivity contribution in [1.29, 1.82) is 0 Å². The van der Waals surface area contributed by atoms with Crippen LogP contribution in [0.25, 0.3) is 10.2 Å². The van der Waals surface area contributed by atoms with E-state index in [1.54, 1.807) is 0 Å². The van der Waals surface area contributed by atoms with E-state index < -0.39 is 9.70 Å². The van der Waals surface area contributed by atoms with Crippen molar-refractivity contribution in [3.8, 4) is 0 Å². The Kier molecular flexibility index (Phi) is 4.66. The normalized spacial score (nSPS) is 16.0. The summed E-state index contributed by atoms with van der Waals surface area (Å²) in [5.41, 5.74) is 1.90. The number of ether oxygens (including phenoxy) is 1.